The van der Waals surface area contributed by atoms with Gasteiger partial charge in [0.1, 0.15) is 12.2 Å². The van der Waals surface area contributed by atoms with Gasteiger partial charge >= 0.3 is 11.9 Å². The lowest BCUT2D eigenvalue weighted by Gasteiger charge is -2.51. The fourth-order valence-corrected chi connectivity index (χ4v) is 6.84. The van der Waals surface area contributed by atoms with E-state index in [0.29, 0.717) is 42.4 Å². The Morgan fingerprint density at radius 3 is 2.60 bits per heavy atom. The Kier molecular flexibility index (Phi) is 6.23. The number of aryl methyl sites for hydroxylation is 1. The van der Waals surface area contributed by atoms with Crippen molar-refractivity contribution >= 4 is 5.52 Å². The third-order valence-electron chi connectivity index (χ3n) is 8.46. The van der Waals surface area contributed by atoms with Crippen LogP contribution in [0.25, 0.3) is 11.2 Å². The molecule has 40 heavy (non-hydrogen) atoms. The van der Waals surface area contributed by atoms with Crippen molar-refractivity contribution in [2.45, 2.75) is 63.3 Å². The Morgan fingerprint density at radius 1 is 1.18 bits per heavy atom. The number of rotatable bonds is 5. The number of imidazole rings is 1. The summed E-state index contributed by atoms with van der Waals surface area (Å²) in [5.41, 5.74) is -1.40. The Labute approximate surface area is 229 Å². The number of alkyl halides is 3. The molecule has 1 aromatic carbocycles. The summed E-state index contributed by atoms with van der Waals surface area (Å²) in [4.78, 5) is 15.8. The molecule has 1 atom stereocenters. The van der Waals surface area contributed by atoms with Crippen LogP contribution in [-0.2, 0) is 25.2 Å². The summed E-state index contributed by atoms with van der Waals surface area (Å²) in [5, 5.41) is 19.0. The summed E-state index contributed by atoms with van der Waals surface area (Å²) in [5.74, 6) is 1.17. The molecule has 1 saturated heterocycles. The third-order valence-corrected chi connectivity index (χ3v) is 8.46. The highest BCUT2D eigenvalue weighted by Gasteiger charge is 2.55. The molecule has 0 radical (unpaired) electrons. The first-order valence-electron chi connectivity index (χ1n) is 13.6. The van der Waals surface area contributed by atoms with Gasteiger partial charge in [-0.1, -0.05) is 19.1 Å². The van der Waals surface area contributed by atoms with E-state index in [1.54, 1.807) is 36.0 Å². The molecule has 11 heteroatoms. The minimum atomic E-state index is -4.62. The van der Waals surface area contributed by atoms with E-state index in [0.717, 1.165) is 35.9 Å². The summed E-state index contributed by atoms with van der Waals surface area (Å²) in [6.07, 6.45) is 2.70. The van der Waals surface area contributed by atoms with Crippen molar-refractivity contribution in [1.82, 2.24) is 28.6 Å². The smallest absolute Gasteiger partial charge is 0.390 e. The Hall–Kier alpha value is -3.44. The lowest BCUT2D eigenvalue weighted by Crippen LogP contribution is -2.54. The third kappa shape index (κ3) is 4.54. The van der Waals surface area contributed by atoms with Crippen molar-refractivity contribution in [1.29, 1.82) is 0 Å². The van der Waals surface area contributed by atoms with Crippen LogP contribution < -0.4 is 5.69 Å². The van der Waals surface area contributed by atoms with Gasteiger partial charge in [0, 0.05) is 32.5 Å². The summed E-state index contributed by atoms with van der Waals surface area (Å²) in [6, 6.07) is 8.35. The molecule has 0 amide bonds. The zero-order valence-corrected chi connectivity index (χ0v) is 22.8. The van der Waals surface area contributed by atoms with Gasteiger partial charge in [0.15, 0.2) is 0 Å². The number of nitrogens with zero attached hydrogens (tertiary/aromatic N) is 6. The molecule has 8 nitrogen and oxygen atoms in total. The fraction of sp³-hybridized carbons (Fsp3) is 0.483. The van der Waals surface area contributed by atoms with Gasteiger partial charge in [-0.25, -0.2) is 4.79 Å². The van der Waals surface area contributed by atoms with Crippen LogP contribution in [0, 0.1) is 5.92 Å². The molecule has 1 saturated carbocycles. The molecule has 4 aromatic rings. The molecule has 4 heterocycles. The molecule has 3 aromatic heterocycles. The highest BCUT2D eigenvalue weighted by atomic mass is 19.4. The van der Waals surface area contributed by atoms with Crippen molar-refractivity contribution in [2.24, 2.45) is 13.0 Å². The first kappa shape index (κ1) is 26.8. The zero-order valence-electron chi connectivity index (χ0n) is 22.8. The standard InChI is InChI=1S/C29H33F3N6O2/c1-19-6-5-9-36(12-19)13-20-10-23(29(30,31)32)24-15-37(26(39)38(24)14-20)22-8-4-7-21(11-22)28(16-27(2,40)17-28)25-34-33-18-35(25)3/h4,7-8,10-11,14-15,18-19,40H,5-6,9,12-13,16-17H2,1-3H3/t19-,27-,28+/m0/s1. The molecule has 1 aliphatic carbocycles. The van der Waals surface area contributed by atoms with Gasteiger partial charge < -0.3 is 9.67 Å². The van der Waals surface area contributed by atoms with Crippen molar-refractivity contribution in [3.8, 4) is 5.69 Å². The number of aromatic nitrogens is 5. The number of pyridine rings is 1. The highest BCUT2D eigenvalue weighted by molar-refractivity contribution is 5.58. The summed E-state index contributed by atoms with van der Waals surface area (Å²) >= 11 is 0. The van der Waals surface area contributed by atoms with E-state index in [1.165, 1.54) is 23.0 Å². The van der Waals surface area contributed by atoms with E-state index in [1.807, 2.05) is 13.1 Å². The molecule has 0 spiro atoms. The molecule has 212 valence electrons. The van der Waals surface area contributed by atoms with Crippen LogP contribution in [0.4, 0.5) is 13.2 Å². The number of hydrogen-bond acceptors (Lipinski definition) is 5. The van der Waals surface area contributed by atoms with E-state index in [4.69, 9.17) is 0 Å². The summed E-state index contributed by atoms with van der Waals surface area (Å²) < 4.78 is 46.9. The molecule has 1 aliphatic heterocycles. The van der Waals surface area contributed by atoms with Crippen LogP contribution in [0.2, 0.25) is 0 Å². The Morgan fingerprint density at radius 2 is 1.95 bits per heavy atom. The van der Waals surface area contributed by atoms with Crippen LogP contribution >= 0.6 is 0 Å². The van der Waals surface area contributed by atoms with E-state index in [-0.39, 0.29) is 5.52 Å². The summed E-state index contributed by atoms with van der Waals surface area (Å²) in [6.45, 7) is 5.91. The normalized spacial score (nSPS) is 25.8. The van der Waals surface area contributed by atoms with Gasteiger partial charge in [-0.05, 0) is 74.4 Å². The van der Waals surface area contributed by atoms with Gasteiger partial charge in [0.05, 0.1) is 27.8 Å². The second kappa shape index (κ2) is 9.31. The number of piperidine rings is 1. The van der Waals surface area contributed by atoms with E-state index >= 15 is 0 Å². The van der Waals surface area contributed by atoms with Gasteiger partial charge in [-0.2, -0.15) is 13.2 Å². The molecule has 6 rings (SSSR count). The van der Waals surface area contributed by atoms with E-state index < -0.39 is 28.4 Å². The second-order valence-electron chi connectivity index (χ2n) is 12.0. The van der Waals surface area contributed by atoms with E-state index in [9.17, 15) is 23.1 Å². The van der Waals surface area contributed by atoms with Crippen LogP contribution in [0.15, 0.2) is 53.8 Å². The Balaban J connectivity index is 1.44. The minimum absolute atomic E-state index is 0.187. The largest absolute Gasteiger partial charge is 0.418 e. The number of aliphatic hydroxyl groups is 1. The van der Waals surface area contributed by atoms with Crippen LogP contribution in [0.3, 0.4) is 0 Å². The summed E-state index contributed by atoms with van der Waals surface area (Å²) in [7, 11) is 1.83. The van der Waals surface area contributed by atoms with Gasteiger partial charge in [-0.3, -0.25) is 13.9 Å². The predicted molar refractivity (Wildman–Crippen MR) is 143 cm³/mol. The zero-order chi connectivity index (χ0) is 28.4. The molecule has 0 bridgehead atoms. The highest BCUT2D eigenvalue weighted by Crippen LogP contribution is 2.53. The topological polar surface area (TPSA) is 80.6 Å². The first-order chi connectivity index (χ1) is 18.9. The lowest BCUT2D eigenvalue weighted by atomic mass is 9.56. The van der Waals surface area contributed by atoms with E-state index in [2.05, 4.69) is 22.0 Å². The van der Waals surface area contributed by atoms with Crippen molar-refractivity contribution in [2.75, 3.05) is 13.1 Å². The maximum atomic E-state index is 14.2. The number of hydrogen-bond donors (Lipinski definition) is 1. The molecule has 2 aliphatic rings. The molecular weight excluding hydrogens is 521 g/mol. The maximum absolute atomic E-state index is 14.2. The molecule has 0 unspecified atom stereocenters. The number of halogens is 3. The molecular formula is C29H33F3N6O2. The quantitative estimate of drug-likeness (QED) is 0.398. The number of likely N-dealkylation sites (tertiary alicyclic amines) is 1. The van der Waals surface area contributed by atoms with Crippen LogP contribution in [-0.4, -0.2) is 52.4 Å². The van der Waals surface area contributed by atoms with Crippen molar-refractivity contribution < 1.29 is 18.3 Å². The molecule has 2 fully saturated rings. The average Bonchev–Trinajstić information content (AvgIpc) is 3.44. The molecule has 1 N–H and O–H groups in total. The van der Waals surface area contributed by atoms with Gasteiger partial charge in [0.25, 0.3) is 0 Å². The average molecular weight is 555 g/mol. The van der Waals surface area contributed by atoms with Gasteiger partial charge in [-0.15, -0.1) is 10.2 Å². The number of benzene rings is 1. The van der Waals surface area contributed by atoms with Crippen molar-refractivity contribution in [3.63, 3.8) is 0 Å². The van der Waals surface area contributed by atoms with Crippen LogP contribution in [0.5, 0.6) is 0 Å². The predicted octanol–water partition coefficient (Wildman–Crippen LogP) is 4.30. The Bertz CT molecular complexity index is 1620. The first-order valence-corrected chi connectivity index (χ1v) is 13.6. The minimum Gasteiger partial charge on any atom is -0.390 e. The fourth-order valence-electron chi connectivity index (χ4n) is 6.84. The maximum Gasteiger partial charge on any atom is 0.418 e. The lowest BCUT2D eigenvalue weighted by molar-refractivity contribution is -0.136. The monoisotopic (exact) mass is 554 g/mol. The van der Waals surface area contributed by atoms with Gasteiger partial charge in [0.2, 0.25) is 0 Å². The van der Waals surface area contributed by atoms with Crippen molar-refractivity contribution in [3.05, 3.63) is 82.1 Å². The number of fused-ring (bicyclic) bond motifs is 1. The van der Waals surface area contributed by atoms with Crippen LogP contribution in [0.1, 0.15) is 62.0 Å². The second-order valence-corrected chi connectivity index (χ2v) is 12.0. The SMILES string of the molecule is C[C@H]1CCCN(Cc2cc(C(F)(F)F)c3cn(-c4cccc([C@]5(c6nncn6C)C[C@@](C)(O)C5)c4)c(=O)n3c2)C1.